The number of aryl methyl sites for hydroxylation is 3. The number of nitrogens with zero attached hydrogens (tertiary/aromatic N) is 2. The Hall–Kier alpha value is -2.61. The van der Waals surface area contributed by atoms with Crippen molar-refractivity contribution in [1.29, 1.82) is 0 Å². The second-order valence-electron chi connectivity index (χ2n) is 7.58. The first-order chi connectivity index (χ1) is 13.3. The Morgan fingerprint density at radius 2 is 1.89 bits per heavy atom. The SMILES string of the molecule is Cc1ccc(C)c(NS(=O)(=O)c2c(C)[nH]c(-c3nnc(C4CCC4)o3)c2C)c1. The van der Waals surface area contributed by atoms with Crippen LogP contribution in [0.5, 0.6) is 0 Å². The fraction of sp³-hybridized carbons (Fsp3) is 0.400. The average molecular weight is 401 g/mol. The molecule has 2 N–H and O–H groups in total. The lowest BCUT2D eigenvalue weighted by molar-refractivity contribution is 0.338. The Balaban J connectivity index is 1.70. The quantitative estimate of drug-likeness (QED) is 0.662. The minimum absolute atomic E-state index is 0.215. The van der Waals surface area contributed by atoms with E-state index >= 15 is 0 Å². The van der Waals surface area contributed by atoms with E-state index in [1.54, 1.807) is 13.8 Å². The maximum Gasteiger partial charge on any atom is 0.264 e. The highest BCUT2D eigenvalue weighted by atomic mass is 32.2. The molecule has 2 heterocycles. The van der Waals surface area contributed by atoms with E-state index in [1.165, 1.54) is 6.42 Å². The summed E-state index contributed by atoms with van der Waals surface area (Å²) in [7, 11) is -3.78. The Morgan fingerprint density at radius 1 is 1.14 bits per heavy atom. The van der Waals surface area contributed by atoms with Crippen molar-refractivity contribution in [2.75, 3.05) is 4.72 Å². The van der Waals surface area contributed by atoms with Crippen LogP contribution in [0.25, 0.3) is 11.6 Å². The molecule has 0 aliphatic heterocycles. The number of rotatable bonds is 5. The third-order valence-corrected chi connectivity index (χ3v) is 7.02. The maximum absolute atomic E-state index is 13.1. The highest BCUT2D eigenvalue weighted by Crippen LogP contribution is 2.37. The van der Waals surface area contributed by atoms with Crippen molar-refractivity contribution in [2.45, 2.75) is 57.8 Å². The second-order valence-corrected chi connectivity index (χ2v) is 9.20. The third-order valence-electron chi connectivity index (χ3n) is 5.38. The Kier molecular flexibility index (Phi) is 4.53. The fourth-order valence-corrected chi connectivity index (χ4v) is 5.12. The molecule has 0 atom stereocenters. The number of sulfonamides is 1. The van der Waals surface area contributed by atoms with Gasteiger partial charge in [-0.05, 0) is 57.7 Å². The number of hydrogen-bond donors (Lipinski definition) is 2. The summed E-state index contributed by atoms with van der Waals surface area (Å²) in [6.07, 6.45) is 3.29. The van der Waals surface area contributed by atoms with Crippen LogP contribution in [-0.4, -0.2) is 23.6 Å². The number of H-pyrrole nitrogens is 1. The molecule has 1 fully saturated rings. The Labute approximate surface area is 164 Å². The van der Waals surface area contributed by atoms with Gasteiger partial charge in [0.2, 0.25) is 5.89 Å². The first-order valence-corrected chi connectivity index (χ1v) is 10.9. The summed E-state index contributed by atoms with van der Waals surface area (Å²) in [5.74, 6) is 1.29. The monoisotopic (exact) mass is 400 g/mol. The number of anilines is 1. The predicted octanol–water partition coefficient (Wildman–Crippen LogP) is 4.37. The molecule has 0 unspecified atom stereocenters. The molecule has 0 radical (unpaired) electrons. The van der Waals surface area contributed by atoms with E-state index in [1.807, 2.05) is 32.0 Å². The summed E-state index contributed by atoms with van der Waals surface area (Å²) in [5, 5.41) is 8.28. The number of benzene rings is 1. The van der Waals surface area contributed by atoms with Gasteiger partial charge in [0.15, 0.2) is 0 Å². The lowest BCUT2D eigenvalue weighted by atomic mass is 9.85. The van der Waals surface area contributed by atoms with Crippen molar-refractivity contribution in [1.82, 2.24) is 15.2 Å². The Bertz CT molecular complexity index is 1140. The standard InChI is InChI=1S/C20H24N4O3S/c1-11-8-9-12(2)16(10-11)24-28(25,26)18-13(3)17(21-14(18)4)20-23-22-19(27-20)15-6-5-7-15/h8-10,15,21,24H,5-7H2,1-4H3. The lowest BCUT2D eigenvalue weighted by Gasteiger charge is -2.20. The molecule has 0 spiro atoms. The molecular weight excluding hydrogens is 376 g/mol. The normalized spacial score (nSPS) is 14.9. The second kappa shape index (κ2) is 6.77. The minimum atomic E-state index is -3.78. The van der Waals surface area contributed by atoms with Gasteiger partial charge in [-0.3, -0.25) is 4.72 Å². The molecule has 28 heavy (non-hydrogen) atoms. The molecule has 0 saturated heterocycles. The first-order valence-electron chi connectivity index (χ1n) is 9.39. The molecule has 148 valence electrons. The zero-order valence-electron chi connectivity index (χ0n) is 16.5. The molecule has 1 saturated carbocycles. The van der Waals surface area contributed by atoms with Gasteiger partial charge in [-0.1, -0.05) is 18.6 Å². The van der Waals surface area contributed by atoms with Crippen molar-refractivity contribution in [3.63, 3.8) is 0 Å². The van der Waals surface area contributed by atoms with Gasteiger partial charge in [0.1, 0.15) is 10.6 Å². The van der Waals surface area contributed by atoms with Crippen molar-refractivity contribution >= 4 is 15.7 Å². The van der Waals surface area contributed by atoms with Gasteiger partial charge >= 0.3 is 0 Å². The van der Waals surface area contributed by atoms with Gasteiger partial charge in [-0.25, -0.2) is 8.42 Å². The van der Waals surface area contributed by atoms with E-state index in [9.17, 15) is 8.42 Å². The molecule has 2 aromatic heterocycles. The molecule has 7 nitrogen and oxygen atoms in total. The van der Waals surface area contributed by atoms with E-state index < -0.39 is 10.0 Å². The van der Waals surface area contributed by atoms with Gasteiger partial charge in [0.05, 0.1) is 5.69 Å². The van der Waals surface area contributed by atoms with Crippen LogP contribution in [0.3, 0.4) is 0 Å². The van der Waals surface area contributed by atoms with Crippen LogP contribution in [-0.2, 0) is 10.0 Å². The van der Waals surface area contributed by atoms with Gasteiger partial charge in [-0.2, -0.15) is 0 Å². The molecule has 1 aliphatic carbocycles. The van der Waals surface area contributed by atoms with Crippen LogP contribution in [0.15, 0.2) is 27.5 Å². The summed E-state index contributed by atoms with van der Waals surface area (Å²) >= 11 is 0. The van der Waals surface area contributed by atoms with E-state index in [2.05, 4.69) is 19.9 Å². The smallest absolute Gasteiger partial charge is 0.264 e. The highest BCUT2D eigenvalue weighted by molar-refractivity contribution is 7.92. The summed E-state index contributed by atoms with van der Waals surface area (Å²) < 4.78 is 34.8. The molecule has 1 aromatic carbocycles. The van der Waals surface area contributed by atoms with Crippen LogP contribution in [0.1, 0.15) is 53.5 Å². The van der Waals surface area contributed by atoms with Crippen LogP contribution in [0, 0.1) is 27.7 Å². The predicted molar refractivity (Wildman–Crippen MR) is 107 cm³/mol. The molecule has 0 bridgehead atoms. The highest BCUT2D eigenvalue weighted by Gasteiger charge is 2.29. The molecule has 3 aromatic rings. The summed E-state index contributed by atoms with van der Waals surface area (Å²) in [6, 6.07) is 5.68. The maximum atomic E-state index is 13.1. The average Bonchev–Trinajstić information content (AvgIpc) is 3.14. The zero-order valence-corrected chi connectivity index (χ0v) is 17.3. The van der Waals surface area contributed by atoms with E-state index in [0.717, 1.165) is 24.0 Å². The van der Waals surface area contributed by atoms with Crippen molar-refractivity contribution in [2.24, 2.45) is 0 Å². The van der Waals surface area contributed by atoms with Crippen molar-refractivity contribution < 1.29 is 12.8 Å². The first kappa shape index (κ1) is 18.7. The zero-order chi connectivity index (χ0) is 20.1. The van der Waals surface area contributed by atoms with Crippen molar-refractivity contribution in [3.05, 3.63) is 46.5 Å². The summed E-state index contributed by atoms with van der Waals surface area (Å²) in [6.45, 7) is 7.29. The van der Waals surface area contributed by atoms with Crippen LogP contribution in [0.4, 0.5) is 5.69 Å². The molecule has 0 amide bonds. The van der Waals surface area contributed by atoms with E-state index in [4.69, 9.17) is 4.42 Å². The molecule has 4 rings (SSSR count). The number of nitrogens with one attached hydrogen (secondary N) is 2. The van der Waals surface area contributed by atoms with Crippen LogP contribution >= 0.6 is 0 Å². The number of aromatic amines is 1. The number of hydrogen-bond acceptors (Lipinski definition) is 5. The largest absolute Gasteiger partial charge is 0.419 e. The summed E-state index contributed by atoms with van der Waals surface area (Å²) in [4.78, 5) is 3.33. The van der Waals surface area contributed by atoms with Gasteiger partial charge in [-0.15, -0.1) is 10.2 Å². The minimum Gasteiger partial charge on any atom is -0.419 e. The molecule has 1 aliphatic rings. The van der Waals surface area contributed by atoms with Crippen LogP contribution < -0.4 is 4.72 Å². The van der Waals surface area contributed by atoms with Crippen molar-refractivity contribution in [3.8, 4) is 11.6 Å². The van der Waals surface area contributed by atoms with Crippen LogP contribution in [0.2, 0.25) is 0 Å². The van der Waals surface area contributed by atoms with Gasteiger partial charge in [0.25, 0.3) is 15.9 Å². The Morgan fingerprint density at radius 3 is 2.57 bits per heavy atom. The fourth-order valence-electron chi connectivity index (χ4n) is 3.55. The van der Waals surface area contributed by atoms with E-state index in [-0.39, 0.29) is 4.90 Å². The molecule has 8 heteroatoms. The van der Waals surface area contributed by atoms with E-state index in [0.29, 0.717) is 40.3 Å². The topological polar surface area (TPSA) is 101 Å². The summed E-state index contributed by atoms with van der Waals surface area (Å²) in [5.41, 5.74) is 4.08. The lowest BCUT2D eigenvalue weighted by Crippen LogP contribution is -2.15. The van der Waals surface area contributed by atoms with Gasteiger partial charge < -0.3 is 9.40 Å². The van der Waals surface area contributed by atoms with Gasteiger partial charge in [0, 0.05) is 17.2 Å². The number of aromatic nitrogens is 3. The molecular formula is C20H24N4O3S. The third kappa shape index (κ3) is 3.22.